The van der Waals surface area contributed by atoms with Gasteiger partial charge in [-0.15, -0.1) is 0 Å². The van der Waals surface area contributed by atoms with Crippen LogP contribution in [-0.4, -0.2) is 24.1 Å². The van der Waals surface area contributed by atoms with Crippen LogP contribution < -0.4 is 20.3 Å². The molecule has 0 atom stereocenters. The fourth-order valence-corrected chi connectivity index (χ4v) is 2.58. The van der Waals surface area contributed by atoms with E-state index in [1.165, 1.54) is 13.8 Å². The van der Waals surface area contributed by atoms with E-state index in [1.807, 2.05) is 12.1 Å². The van der Waals surface area contributed by atoms with Crippen molar-refractivity contribution in [1.82, 2.24) is 10.4 Å². The minimum atomic E-state index is -0.531. The van der Waals surface area contributed by atoms with Crippen molar-refractivity contribution in [3.05, 3.63) is 50.7 Å². The molecular weight excluding hydrogens is 338 g/mol. The standard InChI is InChI=1S/C17H19N5O4/c1-10-14(8-18)17(20-11(2)16(10)22(23)24)21-19-9-12-7-13(25-3)5-6-15(12)26-4/h5-7,19H,9H2,1-4H3,(H,20,21). The highest BCUT2D eigenvalue weighted by Crippen LogP contribution is 2.28. The summed E-state index contributed by atoms with van der Waals surface area (Å²) in [5, 5.41) is 20.5. The number of methoxy groups -OCH3 is 2. The first kappa shape index (κ1) is 19.0. The van der Waals surface area contributed by atoms with E-state index >= 15 is 0 Å². The van der Waals surface area contributed by atoms with Crippen LogP contribution in [-0.2, 0) is 6.54 Å². The number of nitriles is 1. The van der Waals surface area contributed by atoms with Gasteiger partial charge in [-0.2, -0.15) is 5.26 Å². The summed E-state index contributed by atoms with van der Waals surface area (Å²) >= 11 is 0. The Kier molecular flexibility index (Phi) is 5.93. The number of aromatic nitrogens is 1. The van der Waals surface area contributed by atoms with E-state index in [-0.39, 0.29) is 28.3 Å². The number of hydrogen-bond donors (Lipinski definition) is 2. The smallest absolute Gasteiger partial charge is 0.294 e. The molecule has 0 spiro atoms. The summed E-state index contributed by atoms with van der Waals surface area (Å²) in [5.74, 6) is 1.58. The van der Waals surface area contributed by atoms with Crippen LogP contribution in [0.15, 0.2) is 18.2 Å². The Hall–Kier alpha value is -3.38. The van der Waals surface area contributed by atoms with Gasteiger partial charge in [0, 0.05) is 12.1 Å². The summed E-state index contributed by atoms with van der Waals surface area (Å²) in [6, 6.07) is 7.35. The van der Waals surface area contributed by atoms with Gasteiger partial charge in [0.2, 0.25) is 0 Å². The fraction of sp³-hybridized carbons (Fsp3) is 0.294. The van der Waals surface area contributed by atoms with E-state index in [0.29, 0.717) is 18.0 Å². The van der Waals surface area contributed by atoms with Crippen molar-refractivity contribution < 1.29 is 14.4 Å². The first-order chi connectivity index (χ1) is 12.4. The van der Waals surface area contributed by atoms with Gasteiger partial charge < -0.3 is 14.9 Å². The van der Waals surface area contributed by atoms with Gasteiger partial charge >= 0.3 is 0 Å². The highest BCUT2D eigenvalue weighted by Gasteiger charge is 2.22. The number of rotatable bonds is 7. The lowest BCUT2D eigenvalue weighted by Gasteiger charge is -2.14. The SMILES string of the molecule is COc1ccc(OC)c(CNNc2nc(C)c([N+](=O)[O-])c(C)c2C#N)c1. The lowest BCUT2D eigenvalue weighted by Crippen LogP contribution is -2.23. The predicted octanol–water partition coefficient (Wildman–Crippen LogP) is 2.61. The monoisotopic (exact) mass is 357 g/mol. The van der Waals surface area contributed by atoms with Gasteiger partial charge in [-0.1, -0.05) is 0 Å². The Morgan fingerprint density at radius 2 is 2.04 bits per heavy atom. The Balaban J connectivity index is 2.23. The van der Waals surface area contributed by atoms with Crippen LogP contribution >= 0.6 is 0 Å². The van der Waals surface area contributed by atoms with Crippen molar-refractivity contribution in [3.63, 3.8) is 0 Å². The first-order valence-corrected chi connectivity index (χ1v) is 7.68. The van der Waals surface area contributed by atoms with E-state index in [4.69, 9.17) is 9.47 Å². The molecule has 26 heavy (non-hydrogen) atoms. The molecule has 2 aromatic rings. The molecule has 0 bridgehead atoms. The quantitative estimate of drug-likeness (QED) is 0.573. The van der Waals surface area contributed by atoms with Gasteiger partial charge in [0.15, 0.2) is 5.82 Å². The second-order valence-corrected chi connectivity index (χ2v) is 5.42. The Labute approximate surface area is 150 Å². The van der Waals surface area contributed by atoms with Crippen molar-refractivity contribution in [1.29, 1.82) is 5.26 Å². The zero-order valence-electron chi connectivity index (χ0n) is 14.9. The summed E-state index contributed by atoms with van der Waals surface area (Å²) in [5.41, 5.74) is 7.10. The molecule has 9 heteroatoms. The fourth-order valence-electron chi connectivity index (χ4n) is 2.58. The Bertz CT molecular complexity index is 876. The molecule has 136 valence electrons. The average Bonchev–Trinajstić information content (AvgIpc) is 2.61. The Morgan fingerprint density at radius 3 is 2.62 bits per heavy atom. The summed E-state index contributed by atoms with van der Waals surface area (Å²) in [6.45, 7) is 3.41. The number of nitrogens with zero attached hydrogens (tertiary/aromatic N) is 3. The molecule has 2 rings (SSSR count). The van der Waals surface area contributed by atoms with E-state index in [1.54, 1.807) is 26.4 Å². The molecule has 0 radical (unpaired) electrons. The van der Waals surface area contributed by atoms with E-state index in [0.717, 1.165) is 5.56 Å². The molecule has 1 aromatic heterocycles. The summed E-state index contributed by atoms with van der Waals surface area (Å²) < 4.78 is 10.5. The minimum absolute atomic E-state index is 0.118. The number of ether oxygens (including phenoxy) is 2. The lowest BCUT2D eigenvalue weighted by atomic mass is 10.1. The van der Waals surface area contributed by atoms with Crippen molar-refractivity contribution in [2.24, 2.45) is 0 Å². The van der Waals surface area contributed by atoms with Crippen LogP contribution in [0.4, 0.5) is 11.5 Å². The minimum Gasteiger partial charge on any atom is -0.497 e. The van der Waals surface area contributed by atoms with E-state index in [9.17, 15) is 15.4 Å². The molecular formula is C17H19N5O4. The maximum Gasteiger partial charge on any atom is 0.294 e. The predicted molar refractivity (Wildman–Crippen MR) is 95.1 cm³/mol. The topological polar surface area (TPSA) is 122 Å². The molecule has 2 N–H and O–H groups in total. The third-order valence-electron chi connectivity index (χ3n) is 3.86. The molecule has 0 amide bonds. The molecule has 0 saturated carbocycles. The van der Waals surface area contributed by atoms with Crippen LogP contribution in [0.2, 0.25) is 0 Å². The highest BCUT2D eigenvalue weighted by atomic mass is 16.6. The van der Waals surface area contributed by atoms with Crippen LogP contribution in [0, 0.1) is 35.3 Å². The molecule has 1 heterocycles. The number of hydrazine groups is 1. The van der Waals surface area contributed by atoms with Crippen molar-refractivity contribution >= 4 is 11.5 Å². The molecule has 0 aliphatic rings. The van der Waals surface area contributed by atoms with Crippen molar-refractivity contribution in [3.8, 4) is 17.6 Å². The second kappa shape index (κ2) is 8.13. The molecule has 0 unspecified atom stereocenters. The molecule has 0 aliphatic heterocycles. The third-order valence-corrected chi connectivity index (χ3v) is 3.86. The Morgan fingerprint density at radius 1 is 1.31 bits per heavy atom. The maximum atomic E-state index is 11.1. The van der Waals surface area contributed by atoms with Crippen LogP contribution in [0.5, 0.6) is 11.5 Å². The summed E-state index contributed by atoms with van der Waals surface area (Å²) in [6.07, 6.45) is 0. The zero-order valence-corrected chi connectivity index (χ0v) is 14.9. The van der Waals surface area contributed by atoms with Gasteiger partial charge in [-0.05, 0) is 32.0 Å². The van der Waals surface area contributed by atoms with Crippen molar-refractivity contribution in [2.75, 3.05) is 19.6 Å². The zero-order chi connectivity index (χ0) is 19.3. The highest BCUT2D eigenvalue weighted by molar-refractivity contribution is 5.63. The molecule has 0 aliphatic carbocycles. The number of aryl methyl sites for hydroxylation is 1. The van der Waals surface area contributed by atoms with Crippen LogP contribution in [0.3, 0.4) is 0 Å². The number of hydrogen-bond acceptors (Lipinski definition) is 8. The van der Waals surface area contributed by atoms with E-state index in [2.05, 4.69) is 15.8 Å². The molecule has 9 nitrogen and oxygen atoms in total. The molecule has 0 saturated heterocycles. The molecule has 1 aromatic carbocycles. The second-order valence-electron chi connectivity index (χ2n) is 5.42. The van der Waals surface area contributed by atoms with Gasteiger partial charge in [0.1, 0.15) is 28.8 Å². The van der Waals surface area contributed by atoms with Gasteiger partial charge in [0.05, 0.1) is 24.7 Å². The largest absolute Gasteiger partial charge is 0.497 e. The third kappa shape index (κ3) is 3.81. The maximum absolute atomic E-state index is 11.1. The van der Waals surface area contributed by atoms with Gasteiger partial charge in [-0.25, -0.2) is 10.4 Å². The lowest BCUT2D eigenvalue weighted by molar-refractivity contribution is -0.386. The number of nitrogens with one attached hydrogen (secondary N) is 2. The normalized spacial score (nSPS) is 10.1. The summed E-state index contributed by atoms with van der Waals surface area (Å²) in [4.78, 5) is 14.8. The van der Waals surface area contributed by atoms with Crippen LogP contribution in [0.25, 0.3) is 0 Å². The first-order valence-electron chi connectivity index (χ1n) is 7.68. The number of benzene rings is 1. The summed E-state index contributed by atoms with van der Waals surface area (Å²) in [7, 11) is 3.14. The van der Waals surface area contributed by atoms with E-state index < -0.39 is 4.92 Å². The van der Waals surface area contributed by atoms with Gasteiger partial charge in [-0.3, -0.25) is 10.1 Å². The molecule has 0 fully saturated rings. The number of nitro groups is 1. The van der Waals surface area contributed by atoms with Crippen LogP contribution in [0.1, 0.15) is 22.4 Å². The number of anilines is 1. The van der Waals surface area contributed by atoms with Crippen molar-refractivity contribution in [2.45, 2.75) is 20.4 Å². The number of pyridine rings is 1. The average molecular weight is 357 g/mol. The van der Waals surface area contributed by atoms with Gasteiger partial charge in [0.25, 0.3) is 5.69 Å².